The second-order valence-corrected chi connectivity index (χ2v) is 3.40. The zero-order valence-corrected chi connectivity index (χ0v) is 8.56. The fourth-order valence-corrected chi connectivity index (χ4v) is 1.65. The summed E-state index contributed by atoms with van der Waals surface area (Å²) < 4.78 is 0. The van der Waals surface area contributed by atoms with E-state index in [-0.39, 0.29) is 24.8 Å². The van der Waals surface area contributed by atoms with Crippen LogP contribution in [-0.4, -0.2) is 6.54 Å². The summed E-state index contributed by atoms with van der Waals surface area (Å²) in [6, 6.07) is 0. The van der Waals surface area contributed by atoms with Gasteiger partial charge < -0.3 is 0 Å². The van der Waals surface area contributed by atoms with Crippen molar-refractivity contribution in [2.45, 2.75) is 32.6 Å². The topological polar surface area (TPSA) is 38.0 Å². The number of rotatable bonds is 2. The molecule has 0 radical (unpaired) electrons. The van der Waals surface area contributed by atoms with Crippen molar-refractivity contribution in [3.05, 3.63) is 0 Å². The number of hydrogen-bond acceptors (Lipinski definition) is 2. The average Bonchev–Trinajstić information content (AvgIpc) is 2.16. The molecule has 0 aromatic carbocycles. The lowest BCUT2D eigenvalue weighted by atomic mass is 9.89. The molecule has 1 aliphatic carbocycles. The van der Waals surface area contributed by atoms with Gasteiger partial charge in [0, 0.05) is 6.54 Å². The number of hydrogen-bond donors (Lipinski definition) is 2. The first kappa shape index (κ1) is 14.0. The minimum Gasteiger partial charge on any atom is -0.271 e. The number of nitrogens with one attached hydrogen (secondary N) is 1. The average molecular weight is 201 g/mol. The van der Waals surface area contributed by atoms with Crippen molar-refractivity contribution in [2.75, 3.05) is 6.54 Å². The largest absolute Gasteiger partial charge is 0.271 e. The molecule has 0 aliphatic heterocycles. The predicted octanol–water partition coefficient (Wildman–Crippen LogP) is 1.87. The van der Waals surface area contributed by atoms with Gasteiger partial charge in [-0.3, -0.25) is 11.3 Å². The molecule has 11 heavy (non-hydrogen) atoms. The van der Waals surface area contributed by atoms with Crippen LogP contribution in [0.15, 0.2) is 0 Å². The molecule has 4 heteroatoms. The zero-order chi connectivity index (χ0) is 6.74. The fourth-order valence-electron chi connectivity index (χ4n) is 1.65. The number of halogens is 2. The summed E-state index contributed by atoms with van der Waals surface area (Å²) in [6.07, 6.45) is 5.46. The van der Waals surface area contributed by atoms with Crippen molar-refractivity contribution >= 4 is 24.8 Å². The van der Waals surface area contributed by atoms with Crippen molar-refractivity contribution in [3.63, 3.8) is 0 Å². The lowest BCUT2D eigenvalue weighted by molar-refractivity contribution is 0.318. The highest BCUT2D eigenvalue weighted by atomic mass is 35.5. The predicted molar refractivity (Wildman–Crippen MR) is 53.3 cm³/mol. The van der Waals surface area contributed by atoms with Crippen molar-refractivity contribution in [2.24, 2.45) is 11.3 Å². The van der Waals surface area contributed by atoms with E-state index in [1.807, 2.05) is 0 Å². The van der Waals surface area contributed by atoms with E-state index in [1.165, 1.54) is 25.7 Å². The summed E-state index contributed by atoms with van der Waals surface area (Å²) in [5.41, 5.74) is 3.26. The van der Waals surface area contributed by atoms with E-state index in [0.717, 1.165) is 6.54 Å². The zero-order valence-electron chi connectivity index (χ0n) is 6.93. The Morgan fingerprint density at radius 3 is 2.09 bits per heavy atom. The van der Waals surface area contributed by atoms with Crippen LogP contribution in [0.3, 0.4) is 0 Å². The summed E-state index contributed by atoms with van der Waals surface area (Å²) in [7, 11) is 0. The van der Waals surface area contributed by atoms with Gasteiger partial charge in [0.05, 0.1) is 0 Å². The van der Waals surface area contributed by atoms with Crippen LogP contribution < -0.4 is 11.3 Å². The highest BCUT2D eigenvalue weighted by Crippen LogP contribution is 2.36. The molecule has 3 N–H and O–H groups in total. The molecule has 1 saturated carbocycles. The monoisotopic (exact) mass is 200 g/mol. The first-order chi connectivity index (χ1) is 4.27. The summed E-state index contributed by atoms with van der Waals surface area (Å²) in [5, 5.41) is 0. The van der Waals surface area contributed by atoms with Crippen molar-refractivity contribution in [1.29, 1.82) is 0 Å². The van der Waals surface area contributed by atoms with Crippen molar-refractivity contribution in [3.8, 4) is 0 Å². The number of nitrogens with two attached hydrogens (primary N) is 1. The molecule has 0 aromatic rings. The Kier molecular flexibility index (Phi) is 7.75. The van der Waals surface area contributed by atoms with Gasteiger partial charge in [0.2, 0.25) is 0 Å². The van der Waals surface area contributed by atoms with Gasteiger partial charge in [-0.25, -0.2) is 0 Å². The summed E-state index contributed by atoms with van der Waals surface area (Å²) >= 11 is 0. The van der Waals surface area contributed by atoms with Gasteiger partial charge >= 0.3 is 0 Å². The first-order valence-corrected chi connectivity index (χ1v) is 3.70. The van der Waals surface area contributed by atoms with Crippen LogP contribution in [0.25, 0.3) is 0 Å². The van der Waals surface area contributed by atoms with Crippen LogP contribution in [0, 0.1) is 5.41 Å². The second kappa shape index (κ2) is 6.06. The first-order valence-electron chi connectivity index (χ1n) is 3.70. The molecule has 0 bridgehead atoms. The normalized spacial score (nSPS) is 20.2. The smallest absolute Gasteiger partial charge is 0.0151 e. The molecule has 2 nitrogen and oxygen atoms in total. The van der Waals surface area contributed by atoms with Crippen LogP contribution in [0.2, 0.25) is 0 Å². The second-order valence-electron chi connectivity index (χ2n) is 3.40. The fraction of sp³-hybridized carbons (Fsp3) is 1.00. The Morgan fingerprint density at radius 2 is 1.73 bits per heavy atom. The summed E-state index contributed by atoms with van der Waals surface area (Å²) in [5.74, 6) is 5.24. The molecule has 0 aromatic heterocycles. The Labute approximate surface area is 81.1 Å². The maximum absolute atomic E-state index is 5.24. The molecule has 0 heterocycles. The maximum Gasteiger partial charge on any atom is 0.0151 e. The highest BCUT2D eigenvalue weighted by molar-refractivity contribution is 5.85. The maximum atomic E-state index is 5.24. The van der Waals surface area contributed by atoms with E-state index in [9.17, 15) is 0 Å². The van der Waals surface area contributed by atoms with Gasteiger partial charge in [0.15, 0.2) is 0 Å². The lowest BCUT2D eigenvalue weighted by Gasteiger charge is -2.21. The van der Waals surface area contributed by atoms with Crippen LogP contribution >= 0.6 is 24.8 Å². The number of hydrazine groups is 1. The van der Waals surface area contributed by atoms with Gasteiger partial charge in [-0.1, -0.05) is 19.8 Å². The summed E-state index contributed by atoms with van der Waals surface area (Å²) in [4.78, 5) is 0. The molecular weight excluding hydrogens is 183 g/mol. The van der Waals surface area contributed by atoms with E-state index in [1.54, 1.807) is 0 Å². The van der Waals surface area contributed by atoms with Gasteiger partial charge in [0.25, 0.3) is 0 Å². The van der Waals surface area contributed by atoms with Crippen molar-refractivity contribution in [1.82, 2.24) is 5.43 Å². The molecule has 1 fully saturated rings. The molecule has 1 aliphatic rings. The van der Waals surface area contributed by atoms with Gasteiger partial charge in [-0.15, -0.1) is 24.8 Å². The van der Waals surface area contributed by atoms with E-state index >= 15 is 0 Å². The third-order valence-electron chi connectivity index (χ3n) is 2.34. The van der Waals surface area contributed by atoms with Gasteiger partial charge in [0.1, 0.15) is 0 Å². The van der Waals surface area contributed by atoms with Gasteiger partial charge in [-0.05, 0) is 18.3 Å². The van der Waals surface area contributed by atoms with Gasteiger partial charge in [-0.2, -0.15) is 0 Å². The van der Waals surface area contributed by atoms with E-state index < -0.39 is 0 Å². The molecule has 0 amide bonds. The molecule has 70 valence electrons. The Morgan fingerprint density at radius 1 is 1.27 bits per heavy atom. The van der Waals surface area contributed by atoms with Crippen molar-refractivity contribution < 1.29 is 0 Å². The van der Waals surface area contributed by atoms with E-state index in [0.29, 0.717) is 5.41 Å². The molecule has 0 spiro atoms. The third-order valence-corrected chi connectivity index (χ3v) is 2.34. The third kappa shape index (κ3) is 4.16. The quantitative estimate of drug-likeness (QED) is 0.528. The van der Waals surface area contributed by atoms with Crippen LogP contribution in [0.5, 0.6) is 0 Å². The Bertz CT molecular complexity index is 92.4. The molecule has 0 unspecified atom stereocenters. The standard InChI is InChI=1S/C7H16N2.2ClH/c1-7(6-9-8)4-2-3-5-7;;/h9H,2-6,8H2,1H3;2*1H. The van der Waals surface area contributed by atoms with E-state index in [2.05, 4.69) is 12.3 Å². The van der Waals surface area contributed by atoms with Crippen LogP contribution in [0.1, 0.15) is 32.6 Å². The van der Waals surface area contributed by atoms with Crippen LogP contribution in [-0.2, 0) is 0 Å². The molecule has 0 atom stereocenters. The summed E-state index contributed by atoms with van der Waals surface area (Å²) in [6.45, 7) is 3.28. The minimum absolute atomic E-state index is 0. The Balaban J connectivity index is 0. The van der Waals surface area contributed by atoms with E-state index in [4.69, 9.17) is 5.84 Å². The van der Waals surface area contributed by atoms with Crippen LogP contribution in [0.4, 0.5) is 0 Å². The highest BCUT2D eigenvalue weighted by Gasteiger charge is 2.27. The minimum atomic E-state index is 0. The molecule has 0 saturated heterocycles. The SMILES string of the molecule is CC1(CNN)CCCC1.Cl.Cl. The Hall–Kier alpha value is 0.500. The molecular formula is C7H18Cl2N2. The molecule has 1 rings (SSSR count). The lowest BCUT2D eigenvalue weighted by Crippen LogP contribution is -2.34.